The van der Waals surface area contributed by atoms with Crippen molar-refractivity contribution in [3.05, 3.63) is 30.3 Å². The fourth-order valence-corrected chi connectivity index (χ4v) is 1.25. The van der Waals surface area contributed by atoms with E-state index in [0.29, 0.717) is 12.3 Å². The van der Waals surface area contributed by atoms with Crippen molar-refractivity contribution in [3.8, 4) is 5.75 Å². The average Bonchev–Trinajstić information content (AvgIpc) is 2.37. The normalized spacial score (nSPS) is 11.2. The Morgan fingerprint density at radius 2 is 2.06 bits per heavy atom. The number of ether oxygens (including phenoxy) is 2. The number of nitrogens with one attached hydrogen (secondary N) is 1. The van der Waals surface area contributed by atoms with Gasteiger partial charge in [0.05, 0.1) is 6.61 Å². The summed E-state index contributed by atoms with van der Waals surface area (Å²) in [6.45, 7) is 0.0374. The van der Waals surface area contributed by atoms with Crippen molar-refractivity contribution in [2.45, 2.75) is 6.10 Å². The molecule has 1 atom stereocenters. The molecule has 0 saturated heterocycles. The van der Waals surface area contributed by atoms with Gasteiger partial charge >= 0.3 is 5.97 Å². The largest absolute Gasteiger partial charge is 0.482 e. The summed E-state index contributed by atoms with van der Waals surface area (Å²) in [5.41, 5.74) is 0. The fraction of sp³-hybridized carbons (Fsp3) is 0.417. The minimum Gasteiger partial charge on any atom is -0.482 e. The molecule has 0 saturated carbocycles. The molecule has 1 unspecified atom stereocenters. The Morgan fingerprint density at radius 1 is 1.39 bits per heavy atom. The molecule has 99 valence electrons. The van der Waals surface area contributed by atoms with Crippen molar-refractivity contribution < 1.29 is 37.9 Å². The maximum atomic E-state index is 11.4. The van der Waals surface area contributed by atoms with Crippen LogP contribution in [0.4, 0.5) is 0 Å². The smallest absolute Gasteiger partial charge is 0.344 e. The number of aliphatic hydroxyl groups is 1. The molecule has 0 bridgehead atoms. The van der Waals surface area contributed by atoms with Crippen LogP contribution in [0.25, 0.3) is 0 Å². The van der Waals surface area contributed by atoms with Crippen LogP contribution in [0.5, 0.6) is 5.75 Å². The van der Waals surface area contributed by atoms with Gasteiger partial charge < -0.3 is 19.9 Å². The molecule has 0 fully saturated rings. The predicted molar refractivity (Wildman–Crippen MR) is 62.8 cm³/mol. The minimum absolute atomic E-state index is 0. The van der Waals surface area contributed by atoms with E-state index >= 15 is 0 Å². The third kappa shape index (κ3) is 6.66. The van der Waals surface area contributed by atoms with Gasteiger partial charge in [-0.15, -0.1) is 0 Å². The van der Waals surface area contributed by atoms with Gasteiger partial charge in [-0.05, 0) is 19.2 Å². The van der Waals surface area contributed by atoms with Crippen LogP contribution in [0.2, 0.25) is 0 Å². The van der Waals surface area contributed by atoms with Crippen LogP contribution in [0.1, 0.15) is 0 Å². The molecule has 1 radical (unpaired) electrons. The summed E-state index contributed by atoms with van der Waals surface area (Å²) in [5.74, 6) is 0.113. The number of rotatable bonds is 7. The first-order chi connectivity index (χ1) is 8.26. The summed E-state index contributed by atoms with van der Waals surface area (Å²) in [6, 6.07) is 9.01. The van der Waals surface area contributed by atoms with Gasteiger partial charge in [0.25, 0.3) is 0 Å². The quantitative estimate of drug-likeness (QED) is 0.702. The van der Waals surface area contributed by atoms with Crippen LogP contribution < -0.4 is 10.1 Å². The molecule has 1 rings (SSSR count). The van der Waals surface area contributed by atoms with E-state index in [4.69, 9.17) is 14.6 Å². The molecule has 1 aromatic carbocycles. The van der Waals surface area contributed by atoms with Crippen LogP contribution in [-0.2, 0) is 28.1 Å². The Labute approximate surface area is 118 Å². The predicted octanol–water partition coefficient (Wildman–Crippen LogP) is 0.186. The van der Waals surface area contributed by atoms with Gasteiger partial charge in [-0.1, -0.05) is 18.2 Å². The monoisotopic (exact) mass is 290 g/mol. The van der Waals surface area contributed by atoms with E-state index in [1.165, 1.54) is 0 Å². The van der Waals surface area contributed by atoms with E-state index in [2.05, 4.69) is 5.32 Å². The summed E-state index contributed by atoms with van der Waals surface area (Å²) >= 11 is 0. The van der Waals surface area contributed by atoms with Crippen molar-refractivity contribution in [2.24, 2.45) is 0 Å². The Hall–Kier alpha value is -1.01. The van der Waals surface area contributed by atoms with Gasteiger partial charge in [0.15, 0.2) is 6.61 Å². The molecular formula is C12H17NO4V. The van der Waals surface area contributed by atoms with Crippen molar-refractivity contribution in [1.29, 1.82) is 0 Å². The van der Waals surface area contributed by atoms with Crippen LogP contribution in [0.15, 0.2) is 30.3 Å². The van der Waals surface area contributed by atoms with Crippen LogP contribution in [0, 0.1) is 0 Å². The van der Waals surface area contributed by atoms with Gasteiger partial charge in [-0.25, -0.2) is 4.79 Å². The Morgan fingerprint density at radius 3 is 2.61 bits per heavy atom. The zero-order chi connectivity index (χ0) is 12.5. The van der Waals surface area contributed by atoms with Crippen molar-refractivity contribution in [2.75, 3.05) is 26.8 Å². The molecule has 5 nitrogen and oxygen atoms in total. The third-order valence-electron chi connectivity index (χ3n) is 2.03. The van der Waals surface area contributed by atoms with Gasteiger partial charge in [-0.2, -0.15) is 0 Å². The zero-order valence-corrected chi connectivity index (χ0v) is 11.6. The zero-order valence-electron chi connectivity index (χ0n) is 10.2. The molecule has 18 heavy (non-hydrogen) atoms. The molecule has 2 N–H and O–H groups in total. The van der Waals surface area contributed by atoms with Gasteiger partial charge in [0.1, 0.15) is 11.9 Å². The number of para-hydroxylation sites is 1. The van der Waals surface area contributed by atoms with Gasteiger partial charge in [0, 0.05) is 25.1 Å². The summed E-state index contributed by atoms with van der Waals surface area (Å²) < 4.78 is 10.2. The second-order valence-electron chi connectivity index (χ2n) is 3.45. The van der Waals surface area contributed by atoms with E-state index in [-0.39, 0.29) is 31.8 Å². The summed E-state index contributed by atoms with van der Waals surface area (Å²) in [4.78, 5) is 11.4. The minimum atomic E-state index is -0.535. The topological polar surface area (TPSA) is 67.8 Å². The van der Waals surface area contributed by atoms with Gasteiger partial charge in [-0.3, -0.25) is 0 Å². The second-order valence-corrected chi connectivity index (χ2v) is 3.45. The van der Waals surface area contributed by atoms with E-state index in [0.717, 1.165) is 0 Å². The first-order valence-electron chi connectivity index (χ1n) is 5.39. The average molecular weight is 290 g/mol. The maximum Gasteiger partial charge on any atom is 0.344 e. The molecule has 0 aliphatic rings. The summed E-state index contributed by atoms with van der Waals surface area (Å²) in [7, 11) is 1.72. The molecule has 0 aromatic heterocycles. The third-order valence-corrected chi connectivity index (χ3v) is 2.03. The first-order valence-corrected chi connectivity index (χ1v) is 5.39. The van der Waals surface area contributed by atoms with E-state index in [1.807, 2.05) is 18.2 Å². The summed E-state index contributed by atoms with van der Waals surface area (Å²) in [5, 5.41) is 11.8. The summed E-state index contributed by atoms with van der Waals surface area (Å²) in [6.07, 6.45) is -0.535. The molecule has 0 spiro atoms. The standard InChI is InChI=1S/C12H17NO4.V/c1-13-7-11(8-14)17-12(15)9-16-10-5-3-2-4-6-10;/h2-6,11,13-14H,7-9H2,1H3;. The molecule has 6 heteroatoms. The van der Waals surface area contributed by atoms with Crippen molar-refractivity contribution in [1.82, 2.24) is 5.32 Å². The van der Waals surface area contributed by atoms with E-state index in [1.54, 1.807) is 19.2 Å². The van der Waals surface area contributed by atoms with E-state index < -0.39 is 12.1 Å². The van der Waals surface area contributed by atoms with Crippen molar-refractivity contribution >= 4 is 5.97 Å². The molecule has 1 aromatic rings. The second kappa shape index (κ2) is 9.97. The number of aliphatic hydroxyl groups excluding tert-OH is 1. The molecule has 0 aliphatic carbocycles. The van der Waals surface area contributed by atoms with Crippen molar-refractivity contribution in [3.63, 3.8) is 0 Å². The molecular weight excluding hydrogens is 273 g/mol. The van der Waals surface area contributed by atoms with E-state index in [9.17, 15) is 4.79 Å². The fourth-order valence-electron chi connectivity index (χ4n) is 1.25. The number of esters is 1. The van der Waals surface area contributed by atoms with Crippen LogP contribution in [-0.4, -0.2) is 44.0 Å². The number of carbonyl (C=O) groups is 1. The first kappa shape index (κ1) is 17.0. The Kier molecular flexibility index (Phi) is 9.41. The Bertz CT molecular complexity index is 334. The number of hydrogen-bond donors (Lipinski definition) is 2. The van der Waals surface area contributed by atoms with Crippen LogP contribution >= 0.6 is 0 Å². The molecule has 0 heterocycles. The number of carbonyl (C=O) groups excluding carboxylic acids is 1. The van der Waals surface area contributed by atoms with Crippen LogP contribution in [0.3, 0.4) is 0 Å². The Balaban J connectivity index is 0.00000289. The number of benzene rings is 1. The number of likely N-dealkylation sites (N-methyl/N-ethyl adjacent to an activating group) is 1. The molecule has 0 aliphatic heterocycles. The SMILES string of the molecule is CNCC(CO)OC(=O)COc1ccccc1.[V]. The number of hydrogen-bond acceptors (Lipinski definition) is 5. The van der Waals surface area contributed by atoms with Gasteiger partial charge in [0.2, 0.25) is 0 Å². The molecule has 0 amide bonds. The maximum absolute atomic E-state index is 11.4.